The van der Waals surface area contributed by atoms with Crippen LogP contribution in [0.1, 0.15) is 35.1 Å². The van der Waals surface area contributed by atoms with E-state index >= 15 is 0 Å². The maximum Gasteiger partial charge on any atom is 0.319 e. The molecule has 0 radical (unpaired) electrons. The number of nitrogens with zero attached hydrogens (tertiary/aromatic N) is 1. The molecule has 3 rings (SSSR count). The molecule has 1 aliphatic heterocycles. The summed E-state index contributed by atoms with van der Waals surface area (Å²) in [5.74, 6) is 0.0995. The zero-order chi connectivity index (χ0) is 18.5. The summed E-state index contributed by atoms with van der Waals surface area (Å²) in [6, 6.07) is 11.5. The molecule has 2 N–H and O–H groups in total. The summed E-state index contributed by atoms with van der Waals surface area (Å²) in [5, 5.41) is 5.51. The number of anilines is 1. The molecule has 1 aromatic carbocycles. The van der Waals surface area contributed by atoms with Crippen LogP contribution in [0.15, 0.2) is 40.9 Å². The summed E-state index contributed by atoms with van der Waals surface area (Å²) in [6.45, 7) is 3.21. The van der Waals surface area contributed by atoms with Gasteiger partial charge in [-0.1, -0.05) is 15.9 Å². The molecule has 0 saturated carbocycles. The van der Waals surface area contributed by atoms with E-state index in [1.165, 1.54) is 9.75 Å². The first-order valence-corrected chi connectivity index (χ1v) is 10.3. The largest absolute Gasteiger partial charge is 0.337 e. The number of thiophene rings is 1. The minimum Gasteiger partial charge on any atom is -0.337 e. The van der Waals surface area contributed by atoms with Gasteiger partial charge in [0, 0.05) is 39.4 Å². The number of carbonyl (C=O) groups excluding carboxylic acids is 2. The number of hydrogen-bond donors (Lipinski definition) is 2. The average molecular weight is 436 g/mol. The first kappa shape index (κ1) is 18.9. The molecule has 1 aliphatic rings. The lowest BCUT2D eigenvalue weighted by Crippen LogP contribution is -2.35. The highest BCUT2D eigenvalue weighted by Gasteiger charge is 2.30. The normalized spacial score (nSPS) is 16.5. The third-order valence-corrected chi connectivity index (χ3v) is 6.02. The van der Waals surface area contributed by atoms with Crippen LogP contribution in [0, 0.1) is 6.92 Å². The predicted molar refractivity (Wildman–Crippen MR) is 109 cm³/mol. The van der Waals surface area contributed by atoms with Crippen molar-refractivity contribution in [2.75, 3.05) is 18.4 Å². The molecule has 2 aromatic rings. The zero-order valence-corrected chi connectivity index (χ0v) is 17.0. The topological polar surface area (TPSA) is 61.4 Å². The molecule has 0 aliphatic carbocycles. The van der Waals surface area contributed by atoms with Gasteiger partial charge in [0.2, 0.25) is 5.91 Å². The lowest BCUT2D eigenvalue weighted by molar-refractivity contribution is -0.131. The fraction of sp³-hybridized carbons (Fsp3) is 0.368. The number of hydrogen-bond acceptors (Lipinski definition) is 3. The van der Waals surface area contributed by atoms with Crippen molar-refractivity contribution < 1.29 is 9.59 Å². The Morgan fingerprint density at radius 3 is 2.69 bits per heavy atom. The van der Waals surface area contributed by atoms with E-state index in [-0.39, 0.29) is 18.0 Å². The Morgan fingerprint density at radius 2 is 2.00 bits per heavy atom. The Bertz CT molecular complexity index is 775. The Labute approximate surface area is 165 Å². The maximum absolute atomic E-state index is 12.6. The van der Waals surface area contributed by atoms with Crippen LogP contribution < -0.4 is 10.6 Å². The fourth-order valence-electron chi connectivity index (χ4n) is 3.13. The van der Waals surface area contributed by atoms with Crippen molar-refractivity contribution in [3.05, 3.63) is 50.6 Å². The third-order valence-electron chi connectivity index (χ3n) is 4.39. The molecular weight excluding hydrogens is 414 g/mol. The Kier molecular flexibility index (Phi) is 6.32. The van der Waals surface area contributed by atoms with Gasteiger partial charge >= 0.3 is 6.03 Å². The van der Waals surface area contributed by atoms with E-state index in [0.29, 0.717) is 18.7 Å². The second-order valence-electron chi connectivity index (χ2n) is 6.33. The summed E-state index contributed by atoms with van der Waals surface area (Å²) in [6.07, 6.45) is 2.36. The number of halogens is 1. The molecule has 1 unspecified atom stereocenters. The lowest BCUT2D eigenvalue weighted by Gasteiger charge is -2.24. The van der Waals surface area contributed by atoms with Crippen LogP contribution in [0.25, 0.3) is 0 Å². The lowest BCUT2D eigenvalue weighted by atomic mass is 10.2. The highest BCUT2D eigenvalue weighted by atomic mass is 79.9. The number of urea groups is 1. The number of likely N-dealkylation sites (tertiary alicyclic amines) is 1. The highest BCUT2D eigenvalue weighted by molar-refractivity contribution is 9.10. The Morgan fingerprint density at radius 1 is 1.23 bits per heavy atom. The summed E-state index contributed by atoms with van der Waals surface area (Å²) in [5.41, 5.74) is 0.713. The SMILES string of the molecule is Cc1ccc(C2CCCN2C(=O)CCNC(=O)Nc2ccc(Br)cc2)s1. The standard InChI is InChI=1S/C19H22BrN3O2S/c1-13-4-9-17(26-13)16-3-2-12-23(16)18(24)10-11-21-19(25)22-15-7-5-14(20)6-8-15/h4-9,16H,2-3,10-12H2,1H3,(H2,21,22,25). The number of amides is 3. The van der Waals surface area contributed by atoms with E-state index in [0.717, 1.165) is 23.9 Å². The quantitative estimate of drug-likeness (QED) is 0.714. The van der Waals surface area contributed by atoms with E-state index in [2.05, 4.69) is 45.6 Å². The van der Waals surface area contributed by atoms with Gasteiger partial charge in [-0.15, -0.1) is 11.3 Å². The molecular formula is C19H22BrN3O2S. The number of nitrogens with one attached hydrogen (secondary N) is 2. The molecule has 2 heterocycles. The number of carbonyl (C=O) groups is 2. The minimum atomic E-state index is -0.299. The van der Waals surface area contributed by atoms with Crippen molar-refractivity contribution >= 4 is 44.9 Å². The smallest absolute Gasteiger partial charge is 0.319 e. The summed E-state index contributed by atoms with van der Waals surface area (Å²) < 4.78 is 0.954. The van der Waals surface area contributed by atoms with Crippen LogP contribution in [-0.4, -0.2) is 29.9 Å². The average Bonchev–Trinajstić information content (AvgIpc) is 3.25. The molecule has 1 fully saturated rings. The van der Waals surface area contributed by atoms with Gasteiger partial charge in [-0.2, -0.15) is 0 Å². The monoisotopic (exact) mass is 435 g/mol. The Hall–Kier alpha value is -1.86. The van der Waals surface area contributed by atoms with E-state index in [4.69, 9.17) is 0 Å². The zero-order valence-electron chi connectivity index (χ0n) is 14.6. The molecule has 26 heavy (non-hydrogen) atoms. The number of benzene rings is 1. The van der Waals surface area contributed by atoms with Gasteiger partial charge < -0.3 is 15.5 Å². The number of rotatable bonds is 5. The van der Waals surface area contributed by atoms with E-state index in [1.807, 2.05) is 29.2 Å². The fourth-order valence-corrected chi connectivity index (χ4v) is 4.42. The van der Waals surface area contributed by atoms with Crippen LogP contribution in [0.4, 0.5) is 10.5 Å². The van der Waals surface area contributed by atoms with Gasteiger partial charge in [0.05, 0.1) is 6.04 Å². The van der Waals surface area contributed by atoms with Crippen LogP contribution >= 0.6 is 27.3 Å². The van der Waals surface area contributed by atoms with Crippen molar-refractivity contribution in [1.82, 2.24) is 10.2 Å². The van der Waals surface area contributed by atoms with Gasteiger partial charge in [-0.3, -0.25) is 4.79 Å². The van der Waals surface area contributed by atoms with Crippen molar-refractivity contribution in [3.8, 4) is 0 Å². The van der Waals surface area contributed by atoms with Crippen molar-refractivity contribution in [3.63, 3.8) is 0 Å². The van der Waals surface area contributed by atoms with Crippen LogP contribution in [0.3, 0.4) is 0 Å². The molecule has 0 spiro atoms. The second kappa shape index (κ2) is 8.68. The third kappa shape index (κ3) is 4.86. The van der Waals surface area contributed by atoms with Gasteiger partial charge in [0.25, 0.3) is 0 Å². The van der Waals surface area contributed by atoms with Crippen LogP contribution in [0.5, 0.6) is 0 Å². The van der Waals surface area contributed by atoms with Gasteiger partial charge in [-0.25, -0.2) is 4.79 Å². The van der Waals surface area contributed by atoms with Gasteiger partial charge in [0.1, 0.15) is 0 Å². The van der Waals surface area contributed by atoms with Gasteiger partial charge in [0.15, 0.2) is 0 Å². The van der Waals surface area contributed by atoms with Crippen molar-refractivity contribution in [1.29, 1.82) is 0 Å². The molecule has 7 heteroatoms. The first-order valence-electron chi connectivity index (χ1n) is 8.69. The molecule has 3 amide bonds. The summed E-state index contributed by atoms with van der Waals surface area (Å²) >= 11 is 5.12. The van der Waals surface area contributed by atoms with Crippen molar-refractivity contribution in [2.24, 2.45) is 0 Å². The number of aryl methyl sites for hydroxylation is 1. The van der Waals surface area contributed by atoms with E-state index in [9.17, 15) is 9.59 Å². The molecule has 1 aromatic heterocycles. The minimum absolute atomic E-state index is 0.0995. The molecule has 5 nitrogen and oxygen atoms in total. The van der Waals surface area contributed by atoms with Gasteiger partial charge in [-0.05, 0) is 56.2 Å². The molecule has 1 atom stereocenters. The maximum atomic E-state index is 12.6. The first-order chi connectivity index (χ1) is 12.5. The second-order valence-corrected chi connectivity index (χ2v) is 8.57. The highest BCUT2D eigenvalue weighted by Crippen LogP contribution is 2.35. The Balaban J connectivity index is 1.46. The van der Waals surface area contributed by atoms with Crippen LogP contribution in [-0.2, 0) is 4.79 Å². The molecule has 138 valence electrons. The van der Waals surface area contributed by atoms with Crippen LogP contribution in [0.2, 0.25) is 0 Å². The van der Waals surface area contributed by atoms with E-state index < -0.39 is 0 Å². The molecule has 1 saturated heterocycles. The molecule has 0 bridgehead atoms. The summed E-state index contributed by atoms with van der Waals surface area (Å²) in [4.78, 5) is 29.0. The predicted octanol–water partition coefficient (Wildman–Crippen LogP) is 4.69. The van der Waals surface area contributed by atoms with Crippen molar-refractivity contribution in [2.45, 2.75) is 32.2 Å². The van der Waals surface area contributed by atoms with E-state index in [1.54, 1.807) is 11.3 Å². The summed E-state index contributed by atoms with van der Waals surface area (Å²) in [7, 11) is 0.